The molecular weight excluding hydrogens is 494 g/mol. The van der Waals surface area contributed by atoms with E-state index < -0.39 is 0 Å². The lowest BCUT2D eigenvalue weighted by Gasteiger charge is -2.44. The fraction of sp³-hybridized carbons (Fsp3) is 0.543. The molecule has 5 nitrogen and oxygen atoms in total. The summed E-state index contributed by atoms with van der Waals surface area (Å²) < 4.78 is 0. The lowest BCUT2D eigenvalue weighted by atomic mass is 9.68. The molecule has 0 radical (unpaired) electrons. The highest BCUT2D eigenvalue weighted by Crippen LogP contribution is 2.40. The molecule has 40 heavy (non-hydrogen) atoms. The smallest absolute Gasteiger partial charge is 0.251 e. The van der Waals surface area contributed by atoms with Gasteiger partial charge in [0.1, 0.15) is 0 Å². The Kier molecular flexibility index (Phi) is 8.39. The number of hydrogen-bond acceptors (Lipinski definition) is 2. The van der Waals surface area contributed by atoms with Crippen LogP contribution in [0.5, 0.6) is 0 Å². The minimum Gasteiger partial charge on any atom is -0.355 e. The van der Waals surface area contributed by atoms with E-state index in [-0.39, 0.29) is 23.3 Å². The number of aromatic nitrogens is 1. The van der Waals surface area contributed by atoms with Gasteiger partial charge in [-0.3, -0.25) is 9.59 Å². The molecule has 0 bridgehead atoms. The zero-order valence-corrected chi connectivity index (χ0v) is 25.0. The molecular formula is C35H47N3O2. The number of benzene rings is 2. The van der Waals surface area contributed by atoms with Gasteiger partial charge < -0.3 is 15.6 Å². The van der Waals surface area contributed by atoms with Gasteiger partial charge >= 0.3 is 0 Å². The number of amides is 2. The number of carbonyl (C=O) groups excluding carboxylic acids is 2. The van der Waals surface area contributed by atoms with Crippen LogP contribution in [0.15, 0.2) is 48.5 Å². The molecule has 2 aliphatic rings. The van der Waals surface area contributed by atoms with Crippen LogP contribution in [0.2, 0.25) is 0 Å². The molecule has 5 heteroatoms. The van der Waals surface area contributed by atoms with E-state index in [9.17, 15) is 9.59 Å². The van der Waals surface area contributed by atoms with Gasteiger partial charge in [-0.2, -0.15) is 0 Å². The van der Waals surface area contributed by atoms with Crippen LogP contribution in [-0.4, -0.2) is 22.3 Å². The number of fused-ring (bicyclic) bond motifs is 1. The summed E-state index contributed by atoms with van der Waals surface area (Å²) in [6, 6.07) is 16.1. The topological polar surface area (TPSA) is 74.0 Å². The van der Waals surface area contributed by atoms with E-state index in [1.54, 1.807) is 0 Å². The van der Waals surface area contributed by atoms with Gasteiger partial charge in [0.2, 0.25) is 5.91 Å². The van der Waals surface area contributed by atoms with E-state index >= 15 is 0 Å². The van der Waals surface area contributed by atoms with Crippen molar-refractivity contribution in [2.45, 2.75) is 91.5 Å². The van der Waals surface area contributed by atoms with E-state index in [1.165, 1.54) is 12.8 Å². The summed E-state index contributed by atoms with van der Waals surface area (Å²) in [5.74, 6) is 2.49. The van der Waals surface area contributed by atoms with E-state index in [4.69, 9.17) is 0 Å². The normalized spacial score (nSPS) is 27.1. The molecule has 5 rings (SSSR count). The van der Waals surface area contributed by atoms with Gasteiger partial charge in [0, 0.05) is 39.3 Å². The van der Waals surface area contributed by atoms with E-state index in [2.05, 4.69) is 56.3 Å². The molecule has 2 saturated carbocycles. The Hall–Kier alpha value is -3.08. The van der Waals surface area contributed by atoms with Crippen molar-refractivity contribution in [3.05, 3.63) is 54.1 Å². The highest BCUT2D eigenvalue weighted by molar-refractivity contribution is 5.99. The summed E-state index contributed by atoms with van der Waals surface area (Å²) in [5.41, 5.74) is 4.47. The zero-order chi connectivity index (χ0) is 28.4. The maximum absolute atomic E-state index is 13.5. The van der Waals surface area contributed by atoms with Crippen molar-refractivity contribution in [3.63, 3.8) is 0 Å². The maximum Gasteiger partial charge on any atom is 0.251 e. The van der Waals surface area contributed by atoms with Crippen LogP contribution in [0.25, 0.3) is 22.2 Å². The Labute approximate surface area is 239 Å². The van der Waals surface area contributed by atoms with Crippen LogP contribution >= 0.6 is 0 Å². The fourth-order valence-electron chi connectivity index (χ4n) is 7.79. The molecule has 0 saturated heterocycles. The minimum atomic E-state index is -0.132. The first kappa shape index (κ1) is 28.4. The van der Waals surface area contributed by atoms with Crippen LogP contribution < -0.4 is 10.6 Å². The van der Waals surface area contributed by atoms with Crippen molar-refractivity contribution in [1.82, 2.24) is 10.3 Å². The van der Waals surface area contributed by atoms with E-state index in [0.717, 1.165) is 66.4 Å². The Bertz CT molecular complexity index is 1320. The largest absolute Gasteiger partial charge is 0.355 e. The van der Waals surface area contributed by atoms with Crippen LogP contribution in [0.4, 0.5) is 5.69 Å². The second-order valence-electron chi connectivity index (χ2n) is 13.6. The minimum absolute atomic E-state index is 0.0268. The summed E-state index contributed by atoms with van der Waals surface area (Å²) in [5, 5.41) is 7.66. The van der Waals surface area contributed by atoms with Crippen molar-refractivity contribution in [2.24, 2.45) is 29.6 Å². The van der Waals surface area contributed by atoms with Crippen molar-refractivity contribution in [1.29, 1.82) is 0 Å². The highest BCUT2D eigenvalue weighted by Gasteiger charge is 2.39. The SMILES string of the molecule is CC(C)CC1(NC(=O)c2ccc3[nH]c(-c4ccc(NC(=O)C5CCCCC5C)cc4)cc3c2)CC(C)CC(C)C1. The Morgan fingerprint density at radius 1 is 0.950 bits per heavy atom. The van der Waals surface area contributed by atoms with Crippen molar-refractivity contribution < 1.29 is 9.59 Å². The first-order chi connectivity index (χ1) is 19.1. The standard InChI is InChI=1S/C35H47N3O2/c1-22(2)19-35(20-23(3)16-24(4)21-35)38-33(39)27-12-15-31-28(17-27)18-32(37-31)26-10-13-29(14-11-26)36-34(40)30-9-7-6-8-25(30)5/h10-15,17-18,22-25,30,37H,6-9,16,19-21H2,1-5H3,(H,36,40)(H,38,39). The fourth-order valence-corrected chi connectivity index (χ4v) is 7.79. The predicted molar refractivity (Wildman–Crippen MR) is 165 cm³/mol. The number of aromatic amines is 1. The van der Waals surface area contributed by atoms with Gasteiger partial charge in [0.25, 0.3) is 5.91 Å². The average molecular weight is 542 g/mol. The molecule has 2 aliphatic carbocycles. The quantitative estimate of drug-likeness (QED) is 0.280. The summed E-state index contributed by atoms with van der Waals surface area (Å²) in [6.07, 6.45) is 8.84. The number of rotatable bonds is 7. The molecule has 4 unspecified atom stereocenters. The van der Waals surface area contributed by atoms with Crippen LogP contribution in [0.3, 0.4) is 0 Å². The first-order valence-corrected chi connectivity index (χ1v) is 15.5. The Morgan fingerprint density at radius 2 is 1.65 bits per heavy atom. The Morgan fingerprint density at radius 3 is 2.33 bits per heavy atom. The molecule has 1 heterocycles. The molecule has 214 valence electrons. The van der Waals surface area contributed by atoms with Crippen LogP contribution in [-0.2, 0) is 4.79 Å². The van der Waals surface area contributed by atoms with E-state index in [0.29, 0.717) is 29.2 Å². The maximum atomic E-state index is 13.5. The zero-order valence-electron chi connectivity index (χ0n) is 25.0. The van der Waals surface area contributed by atoms with Crippen molar-refractivity contribution in [3.8, 4) is 11.3 Å². The number of H-pyrrole nitrogens is 1. The summed E-state index contributed by atoms with van der Waals surface area (Å²) in [4.78, 5) is 29.9. The third kappa shape index (κ3) is 6.45. The first-order valence-electron chi connectivity index (χ1n) is 15.5. The van der Waals surface area contributed by atoms with Crippen LogP contribution in [0, 0.1) is 29.6 Å². The third-order valence-corrected chi connectivity index (χ3v) is 9.26. The third-order valence-electron chi connectivity index (χ3n) is 9.26. The van der Waals surface area contributed by atoms with Gasteiger partial charge in [-0.15, -0.1) is 0 Å². The Balaban J connectivity index is 1.29. The average Bonchev–Trinajstić information content (AvgIpc) is 3.31. The number of hydrogen-bond donors (Lipinski definition) is 3. The highest BCUT2D eigenvalue weighted by atomic mass is 16.2. The summed E-state index contributed by atoms with van der Waals surface area (Å²) in [7, 11) is 0. The second-order valence-corrected chi connectivity index (χ2v) is 13.6. The molecule has 1 aromatic heterocycles. The molecule has 3 aromatic rings. The predicted octanol–water partition coefficient (Wildman–Crippen LogP) is 8.57. The van der Waals surface area contributed by atoms with Gasteiger partial charge in [0.15, 0.2) is 0 Å². The lowest BCUT2D eigenvalue weighted by molar-refractivity contribution is -0.122. The molecule has 2 fully saturated rings. The summed E-state index contributed by atoms with van der Waals surface area (Å²) >= 11 is 0. The molecule has 4 atom stereocenters. The van der Waals surface area contributed by atoms with Crippen molar-refractivity contribution in [2.75, 3.05) is 5.32 Å². The molecule has 0 aliphatic heterocycles. The van der Waals surface area contributed by atoms with Gasteiger partial charge in [-0.05, 0) is 104 Å². The molecule has 3 N–H and O–H groups in total. The number of nitrogens with one attached hydrogen (secondary N) is 3. The molecule has 2 amide bonds. The lowest BCUT2D eigenvalue weighted by Crippen LogP contribution is -2.53. The molecule has 2 aromatic carbocycles. The van der Waals surface area contributed by atoms with Crippen molar-refractivity contribution >= 4 is 28.4 Å². The monoisotopic (exact) mass is 541 g/mol. The second kappa shape index (κ2) is 11.8. The van der Waals surface area contributed by atoms with E-state index in [1.807, 2.05) is 42.5 Å². The van der Waals surface area contributed by atoms with Gasteiger partial charge in [0.05, 0.1) is 0 Å². The van der Waals surface area contributed by atoms with Gasteiger partial charge in [-0.25, -0.2) is 0 Å². The summed E-state index contributed by atoms with van der Waals surface area (Å²) in [6.45, 7) is 11.3. The number of anilines is 1. The van der Waals surface area contributed by atoms with Gasteiger partial charge in [-0.1, -0.05) is 59.6 Å². The van der Waals surface area contributed by atoms with Crippen LogP contribution in [0.1, 0.15) is 96.3 Å². The molecule has 0 spiro atoms. The number of carbonyl (C=O) groups is 2.